The van der Waals surface area contributed by atoms with Gasteiger partial charge in [-0.1, -0.05) is 47.5 Å². The van der Waals surface area contributed by atoms with E-state index in [2.05, 4.69) is 65.2 Å². The molecule has 2 heterocycles. The maximum atomic E-state index is 6.10. The first-order chi connectivity index (χ1) is 12.7. The van der Waals surface area contributed by atoms with E-state index in [4.69, 9.17) is 16.7 Å². The number of aromatic nitrogens is 2. The van der Waals surface area contributed by atoms with Gasteiger partial charge in [0.25, 0.3) is 0 Å². The number of benzene rings is 2. The lowest BCUT2D eigenvalue weighted by atomic mass is 10.0. The molecule has 134 valence electrons. The molecular formula is C22H24ClN3. The predicted molar refractivity (Wildman–Crippen MR) is 107 cm³/mol. The first-order valence-electron chi connectivity index (χ1n) is 9.26. The van der Waals surface area contributed by atoms with Gasteiger partial charge >= 0.3 is 0 Å². The summed E-state index contributed by atoms with van der Waals surface area (Å²) in [4.78, 5) is 2.51. The second-order valence-corrected chi connectivity index (χ2v) is 7.62. The Hall–Kier alpha value is -2.10. The second kappa shape index (κ2) is 7.65. The van der Waals surface area contributed by atoms with Gasteiger partial charge in [0.2, 0.25) is 0 Å². The van der Waals surface area contributed by atoms with Gasteiger partial charge in [-0.2, -0.15) is 5.10 Å². The number of likely N-dealkylation sites (tertiary alicyclic amines) is 1. The number of hydrogen-bond acceptors (Lipinski definition) is 2. The summed E-state index contributed by atoms with van der Waals surface area (Å²) in [6.07, 6.45) is 4.40. The van der Waals surface area contributed by atoms with Crippen LogP contribution >= 0.6 is 11.6 Å². The lowest BCUT2D eigenvalue weighted by Crippen LogP contribution is -2.34. The number of hydrogen-bond donors (Lipinski definition) is 0. The summed E-state index contributed by atoms with van der Waals surface area (Å²) in [5.74, 6) is 0. The van der Waals surface area contributed by atoms with Crippen LogP contribution in [0.1, 0.15) is 30.0 Å². The molecule has 0 amide bonds. The van der Waals surface area contributed by atoms with E-state index in [1.165, 1.54) is 16.7 Å². The Morgan fingerprint density at radius 3 is 2.62 bits per heavy atom. The number of piperidine rings is 1. The average molecular weight is 366 g/mol. The van der Waals surface area contributed by atoms with Crippen LogP contribution in [0.15, 0.2) is 60.8 Å². The monoisotopic (exact) mass is 365 g/mol. The van der Waals surface area contributed by atoms with Crippen molar-refractivity contribution in [2.45, 2.75) is 32.4 Å². The van der Waals surface area contributed by atoms with E-state index < -0.39 is 0 Å². The summed E-state index contributed by atoms with van der Waals surface area (Å²) in [7, 11) is 0. The normalized spacial score (nSPS) is 16.1. The smallest absolute Gasteiger partial charge is 0.0923 e. The first kappa shape index (κ1) is 17.3. The SMILES string of the molecule is Cc1cccc(-c2ccn(C3CCN(Cc4cccc(Cl)c4)CC3)n2)c1. The van der Waals surface area contributed by atoms with Gasteiger partial charge < -0.3 is 0 Å². The van der Waals surface area contributed by atoms with Crippen molar-refractivity contribution < 1.29 is 0 Å². The van der Waals surface area contributed by atoms with E-state index in [0.29, 0.717) is 6.04 Å². The largest absolute Gasteiger partial charge is 0.299 e. The molecule has 0 unspecified atom stereocenters. The molecule has 1 aliphatic rings. The van der Waals surface area contributed by atoms with Crippen LogP contribution in [0.4, 0.5) is 0 Å². The maximum Gasteiger partial charge on any atom is 0.0923 e. The maximum absolute atomic E-state index is 6.10. The summed E-state index contributed by atoms with van der Waals surface area (Å²) in [5.41, 5.74) is 4.82. The molecule has 0 aliphatic carbocycles. The summed E-state index contributed by atoms with van der Waals surface area (Å²) in [6.45, 7) is 5.28. The van der Waals surface area contributed by atoms with E-state index in [9.17, 15) is 0 Å². The van der Waals surface area contributed by atoms with Crippen molar-refractivity contribution in [1.82, 2.24) is 14.7 Å². The zero-order valence-corrected chi connectivity index (χ0v) is 15.9. The molecule has 0 saturated carbocycles. The molecule has 0 atom stereocenters. The molecular weight excluding hydrogens is 342 g/mol. The number of rotatable bonds is 4. The van der Waals surface area contributed by atoms with Crippen LogP contribution in [0.3, 0.4) is 0 Å². The van der Waals surface area contributed by atoms with Gasteiger partial charge in [0, 0.05) is 36.4 Å². The Morgan fingerprint density at radius 2 is 1.85 bits per heavy atom. The van der Waals surface area contributed by atoms with Crippen LogP contribution in [-0.2, 0) is 6.54 Å². The van der Waals surface area contributed by atoms with Gasteiger partial charge in [0.15, 0.2) is 0 Å². The average Bonchev–Trinajstić information content (AvgIpc) is 3.13. The van der Waals surface area contributed by atoms with Crippen molar-refractivity contribution in [2.24, 2.45) is 0 Å². The topological polar surface area (TPSA) is 21.1 Å². The lowest BCUT2D eigenvalue weighted by Gasteiger charge is -2.32. The van der Waals surface area contributed by atoms with E-state index in [0.717, 1.165) is 43.2 Å². The number of halogens is 1. The fourth-order valence-corrected chi connectivity index (χ4v) is 3.95. The minimum atomic E-state index is 0.490. The molecule has 1 aliphatic heterocycles. The van der Waals surface area contributed by atoms with Crippen molar-refractivity contribution in [1.29, 1.82) is 0 Å². The Morgan fingerprint density at radius 1 is 1.04 bits per heavy atom. The second-order valence-electron chi connectivity index (χ2n) is 7.19. The summed E-state index contributed by atoms with van der Waals surface area (Å²) < 4.78 is 2.16. The fourth-order valence-electron chi connectivity index (χ4n) is 3.74. The van der Waals surface area contributed by atoms with E-state index in [1.807, 2.05) is 12.1 Å². The van der Waals surface area contributed by atoms with E-state index in [1.54, 1.807) is 0 Å². The number of nitrogens with zero attached hydrogens (tertiary/aromatic N) is 3. The zero-order chi connectivity index (χ0) is 17.9. The molecule has 0 radical (unpaired) electrons. The van der Waals surface area contributed by atoms with Gasteiger partial charge in [0.1, 0.15) is 0 Å². The molecule has 26 heavy (non-hydrogen) atoms. The Bertz CT molecular complexity index is 878. The van der Waals surface area contributed by atoms with Crippen LogP contribution in [-0.4, -0.2) is 27.8 Å². The summed E-state index contributed by atoms with van der Waals surface area (Å²) in [6, 6.07) is 19.3. The molecule has 3 aromatic rings. The van der Waals surface area contributed by atoms with Crippen molar-refractivity contribution in [3.8, 4) is 11.3 Å². The third-order valence-corrected chi connectivity index (χ3v) is 5.38. The minimum absolute atomic E-state index is 0.490. The standard InChI is InChI=1S/C22H24ClN3/c1-17-4-2-6-19(14-17)22-10-13-26(24-22)21-8-11-25(12-9-21)16-18-5-3-7-20(23)15-18/h2-7,10,13-15,21H,8-9,11-12,16H2,1H3. The van der Waals surface area contributed by atoms with Gasteiger partial charge in [-0.15, -0.1) is 0 Å². The molecule has 4 rings (SSSR count). The van der Waals surface area contributed by atoms with Crippen LogP contribution in [0.25, 0.3) is 11.3 Å². The van der Waals surface area contributed by atoms with Gasteiger partial charge in [-0.25, -0.2) is 0 Å². The Balaban J connectivity index is 1.38. The highest BCUT2D eigenvalue weighted by molar-refractivity contribution is 6.30. The van der Waals surface area contributed by atoms with Gasteiger partial charge in [-0.05, 0) is 49.6 Å². The molecule has 4 heteroatoms. The van der Waals surface area contributed by atoms with Crippen LogP contribution < -0.4 is 0 Å². The minimum Gasteiger partial charge on any atom is -0.299 e. The van der Waals surface area contributed by atoms with Gasteiger partial charge in [0.05, 0.1) is 11.7 Å². The van der Waals surface area contributed by atoms with Crippen LogP contribution in [0.2, 0.25) is 5.02 Å². The van der Waals surface area contributed by atoms with Crippen molar-refractivity contribution in [3.63, 3.8) is 0 Å². The lowest BCUT2D eigenvalue weighted by molar-refractivity contribution is 0.173. The first-order valence-corrected chi connectivity index (χ1v) is 9.64. The molecule has 0 N–H and O–H groups in total. The highest BCUT2D eigenvalue weighted by Gasteiger charge is 2.21. The quantitative estimate of drug-likeness (QED) is 0.621. The molecule has 1 aromatic heterocycles. The fraction of sp³-hybridized carbons (Fsp3) is 0.318. The van der Waals surface area contributed by atoms with Crippen molar-refractivity contribution >= 4 is 11.6 Å². The molecule has 1 fully saturated rings. The van der Waals surface area contributed by atoms with Crippen molar-refractivity contribution in [3.05, 3.63) is 76.9 Å². The third-order valence-electron chi connectivity index (χ3n) is 5.15. The third kappa shape index (κ3) is 4.00. The zero-order valence-electron chi connectivity index (χ0n) is 15.1. The highest BCUT2D eigenvalue weighted by atomic mass is 35.5. The molecule has 2 aromatic carbocycles. The number of aryl methyl sites for hydroxylation is 1. The highest BCUT2D eigenvalue weighted by Crippen LogP contribution is 2.26. The van der Waals surface area contributed by atoms with Gasteiger partial charge in [-0.3, -0.25) is 9.58 Å². The molecule has 1 saturated heterocycles. The summed E-state index contributed by atoms with van der Waals surface area (Å²) in [5, 5.41) is 5.66. The Labute approximate surface area is 160 Å². The molecule has 0 bridgehead atoms. The predicted octanol–water partition coefficient (Wildman–Crippen LogP) is 5.35. The summed E-state index contributed by atoms with van der Waals surface area (Å²) >= 11 is 6.10. The van der Waals surface area contributed by atoms with E-state index in [-0.39, 0.29) is 0 Å². The molecule has 0 spiro atoms. The van der Waals surface area contributed by atoms with Crippen LogP contribution in [0.5, 0.6) is 0 Å². The Kier molecular flexibility index (Phi) is 5.09. The molecule has 3 nitrogen and oxygen atoms in total. The van der Waals surface area contributed by atoms with Crippen molar-refractivity contribution in [2.75, 3.05) is 13.1 Å². The van der Waals surface area contributed by atoms with E-state index >= 15 is 0 Å². The van der Waals surface area contributed by atoms with Crippen LogP contribution in [0, 0.1) is 6.92 Å².